The second kappa shape index (κ2) is 10.1. The number of rotatable bonds is 7. The topological polar surface area (TPSA) is 81.5 Å². The highest BCUT2D eigenvalue weighted by atomic mass is 19.4. The minimum absolute atomic E-state index is 0.0620. The van der Waals surface area contributed by atoms with Gasteiger partial charge in [-0.1, -0.05) is 19.9 Å². The Bertz CT molecular complexity index is 1670. The Morgan fingerprint density at radius 1 is 1.15 bits per heavy atom. The molecule has 6 nitrogen and oxygen atoms in total. The van der Waals surface area contributed by atoms with Crippen molar-refractivity contribution in [2.45, 2.75) is 50.8 Å². The predicted molar refractivity (Wildman–Crippen MR) is 145 cm³/mol. The molecule has 0 aliphatic carbocycles. The van der Waals surface area contributed by atoms with E-state index in [1.165, 1.54) is 50.4 Å². The second-order valence-electron chi connectivity index (χ2n) is 10.9. The standard InChI is InChI=1S/C31H28F4N2O4/c1-17-12-19(7-8-22(17)32)27-28-21(29(2,3)16-41-28)15-25(37-27)30(39,31(33,34)35)10-9-23(38)20-13-18-6-5-11-36-26(18)24(14-20)40-4/h5-8,11-15,39H,9-10,16H2,1-4H3. The number of aromatic nitrogens is 2. The highest BCUT2D eigenvalue weighted by Crippen LogP contribution is 2.49. The van der Waals surface area contributed by atoms with Gasteiger partial charge in [0.05, 0.1) is 19.4 Å². The second-order valence-corrected chi connectivity index (χ2v) is 10.9. The number of aliphatic hydroxyl groups is 1. The highest BCUT2D eigenvalue weighted by molar-refractivity contribution is 6.01. The van der Waals surface area contributed by atoms with E-state index in [9.17, 15) is 27.5 Å². The summed E-state index contributed by atoms with van der Waals surface area (Å²) in [6.07, 6.45) is -5.21. The van der Waals surface area contributed by atoms with Gasteiger partial charge in [-0.25, -0.2) is 9.37 Å². The number of ketones is 1. The van der Waals surface area contributed by atoms with Crippen LogP contribution in [-0.4, -0.2) is 40.8 Å². The van der Waals surface area contributed by atoms with Crippen molar-refractivity contribution in [1.82, 2.24) is 9.97 Å². The van der Waals surface area contributed by atoms with Crippen LogP contribution in [0.1, 0.15) is 53.9 Å². The van der Waals surface area contributed by atoms with Crippen molar-refractivity contribution in [2.24, 2.45) is 0 Å². The van der Waals surface area contributed by atoms with Gasteiger partial charge >= 0.3 is 6.18 Å². The zero-order valence-corrected chi connectivity index (χ0v) is 22.9. The van der Waals surface area contributed by atoms with Crippen LogP contribution in [0.5, 0.6) is 11.5 Å². The van der Waals surface area contributed by atoms with E-state index in [0.717, 1.165) is 0 Å². The Kier molecular flexibility index (Phi) is 7.01. The van der Waals surface area contributed by atoms with E-state index in [0.29, 0.717) is 27.8 Å². The van der Waals surface area contributed by atoms with Gasteiger partial charge in [0.2, 0.25) is 5.60 Å². The van der Waals surface area contributed by atoms with Crippen LogP contribution in [0.15, 0.2) is 54.7 Å². The van der Waals surface area contributed by atoms with Crippen LogP contribution in [0.4, 0.5) is 17.6 Å². The average molecular weight is 569 g/mol. The van der Waals surface area contributed by atoms with E-state index in [1.807, 2.05) is 0 Å². The van der Waals surface area contributed by atoms with Gasteiger partial charge in [-0.3, -0.25) is 9.78 Å². The molecule has 214 valence electrons. The molecule has 41 heavy (non-hydrogen) atoms. The summed E-state index contributed by atoms with van der Waals surface area (Å²) < 4.78 is 69.1. The van der Waals surface area contributed by atoms with Crippen molar-refractivity contribution in [3.05, 3.63) is 82.9 Å². The van der Waals surface area contributed by atoms with Crippen molar-refractivity contribution < 1.29 is 36.9 Å². The number of nitrogens with zero attached hydrogens (tertiary/aromatic N) is 2. The maximum absolute atomic E-state index is 14.7. The minimum Gasteiger partial charge on any atom is -0.494 e. The van der Waals surface area contributed by atoms with Crippen LogP contribution in [0.2, 0.25) is 0 Å². The Hall–Kier alpha value is -4.05. The number of fused-ring (bicyclic) bond motifs is 2. The summed E-state index contributed by atoms with van der Waals surface area (Å²) in [4.78, 5) is 21.7. The fraction of sp³-hybridized carbons (Fsp3) is 0.323. The summed E-state index contributed by atoms with van der Waals surface area (Å²) in [5, 5.41) is 11.9. The monoisotopic (exact) mass is 568 g/mol. The van der Waals surface area contributed by atoms with E-state index in [1.54, 1.807) is 32.2 Å². The smallest absolute Gasteiger partial charge is 0.422 e. The van der Waals surface area contributed by atoms with E-state index in [-0.39, 0.29) is 29.2 Å². The molecule has 2 aromatic heterocycles. The molecule has 1 N–H and O–H groups in total. The Morgan fingerprint density at radius 3 is 2.59 bits per heavy atom. The molecule has 0 radical (unpaired) electrons. The molecule has 2 aromatic carbocycles. The molecule has 5 rings (SSSR count). The number of ether oxygens (including phenoxy) is 2. The Balaban J connectivity index is 1.57. The number of halogens is 4. The maximum atomic E-state index is 14.7. The number of pyridine rings is 2. The predicted octanol–water partition coefficient (Wildman–Crippen LogP) is 6.84. The number of hydrogen-bond donors (Lipinski definition) is 1. The number of alkyl halides is 3. The molecule has 4 aromatic rings. The van der Waals surface area contributed by atoms with Crippen molar-refractivity contribution >= 4 is 16.7 Å². The lowest BCUT2D eigenvalue weighted by molar-refractivity contribution is -0.270. The first kappa shape index (κ1) is 28.5. The zero-order valence-electron chi connectivity index (χ0n) is 22.9. The Morgan fingerprint density at radius 2 is 1.90 bits per heavy atom. The molecule has 0 bridgehead atoms. The normalized spacial score (nSPS) is 15.7. The van der Waals surface area contributed by atoms with Crippen LogP contribution >= 0.6 is 0 Å². The van der Waals surface area contributed by atoms with E-state index in [4.69, 9.17) is 9.47 Å². The third kappa shape index (κ3) is 5.01. The fourth-order valence-electron chi connectivity index (χ4n) is 5.04. The molecule has 0 saturated carbocycles. The van der Waals surface area contributed by atoms with E-state index in [2.05, 4.69) is 9.97 Å². The van der Waals surface area contributed by atoms with Crippen molar-refractivity contribution in [3.63, 3.8) is 0 Å². The molecule has 0 spiro atoms. The van der Waals surface area contributed by atoms with Crippen molar-refractivity contribution in [2.75, 3.05) is 13.7 Å². The van der Waals surface area contributed by atoms with Crippen molar-refractivity contribution in [3.8, 4) is 22.8 Å². The molecular weight excluding hydrogens is 540 g/mol. The summed E-state index contributed by atoms with van der Waals surface area (Å²) in [7, 11) is 1.41. The number of aryl methyl sites for hydroxylation is 1. The first-order chi connectivity index (χ1) is 19.2. The van der Waals surface area contributed by atoms with Crippen LogP contribution in [0.25, 0.3) is 22.2 Å². The number of methoxy groups -OCH3 is 1. The van der Waals surface area contributed by atoms with Crippen LogP contribution in [-0.2, 0) is 11.0 Å². The summed E-state index contributed by atoms with van der Waals surface area (Å²) in [5.41, 5.74) is -3.05. The lowest BCUT2D eigenvalue weighted by Gasteiger charge is -2.31. The number of carbonyl (C=O) groups is 1. The number of hydrogen-bond acceptors (Lipinski definition) is 6. The molecule has 0 fully saturated rings. The van der Waals surface area contributed by atoms with Gasteiger partial charge in [-0.2, -0.15) is 13.2 Å². The molecule has 0 saturated heterocycles. The molecule has 1 aliphatic heterocycles. The number of carbonyl (C=O) groups excluding carboxylic acids is 1. The van der Waals surface area contributed by atoms with Crippen LogP contribution in [0.3, 0.4) is 0 Å². The summed E-state index contributed by atoms with van der Waals surface area (Å²) in [5.74, 6) is -0.508. The molecule has 1 atom stereocenters. The third-order valence-electron chi connectivity index (χ3n) is 7.53. The van der Waals surface area contributed by atoms with Crippen LogP contribution < -0.4 is 9.47 Å². The van der Waals surface area contributed by atoms with Gasteiger partial charge in [0.15, 0.2) is 5.78 Å². The summed E-state index contributed by atoms with van der Waals surface area (Å²) in [6.45, 7) is 5.33. The average Bonchev–Trinajstić information content (AvgIpc) is 3.25. The highest BCUT2D eigenvalue weighted by Gasteiger charge is 2.56. The largest absolute Gasteiger partial charge is 0.494 e. The molecule has 3 heterocycles. The van der Waals surface area contributed by atoms with E-state index < -0.39 is 47.3 Å². The number of benzene rings is 2. The third-order valence-corrected chi connectivity index (χ3v) is 7.53. The molecule has 10 heteroatoms. The number of Topliss-reactive ketones (excluding diaryl/α,β-unsaturated/α-hetero) is 1. The Labute approximate surface area is 234 Å². The van der Waals surface area contributed by atoms with Gasteiger partial charge in [-0.05, 0) is 61.4 Å². The summed E-state index contributed by atoms with van der Waals surface area (Å²) in [6, 6.07) is 11.6. The van der Waals surface area contributed by atoms with Gasteiger partial charge in [0.1, 0.15) is 28.5 Å². The maximum Gasteiger partial charge on any atom is 0.422 e. The molecule has 0 amide bonds. The van der Waals surface area contributed by atoms with Gasteiger partial charge in [-0.15, -0.1) is 0 Å². The molecular formula is C31H28F4N2O4. The molecule has 1 aliphatic rings. The first-order valence-corrected chi connectivity index (χ1v) is 13.0. The van der Waals surface area contributed by atoms with Crippen molar-refractivity contribution in [1.29, 1.82) is 0 Å². The quantitative estimate of drug-likeness (QED) is 0.194. The van der Waals surface area contributed by atoms with Gasteiger partial charge in [0, 0.05) is 40.1 Å². The fourth-order valence-corrected chi connectivity index (χ4v) is 5.04. The minimum atomic E-state index is -5.17. The molecule has 1 unspecified atom stereocenters. The lowest BCUT2D eigenvalue weighted by atomic mass is 9.83. The van der Waals surface area contributed by atoms with E-state index >= 15 is 0 Å². The SMILES string of the molecule is COc1cc(C(=O)CCC(O)(c2cc3c(c(-c4ccc(F)c(C)c4)n2)OCC3(C)C)C(F)(F)F)cc2cccnc12. The zero-order chi connectivity index (χ0) is 29.7. The van der Waals surface area contributed by atoms with Gasteiger partial charge < -0.3 is 14.6 Å². The summed E-state index contributed by atoms with van der Waals surface area (Å²) >= 11 is 0. The lowest BCUT2D eigenvalue weighted by Crippen LogP contribution is -2.43. The first-order valence-electron chi connectivity index (χ1n) is 13.0. The van der Waals surface area contributed by atoms with Gasteiger partial charge in [0.25, 0.3) is 0 Å². The van der Waals surface area contributed by atoms with Crippen LogP contribution in [0, 0.1) is 12.7 Å².